The van der Waals surface area contributed by atoms with Gasteiger partial charge in [0.05, 0.1) is 6.04 Å². The summed E-state index contributed by atoms with van der Waals surface area (Å²) in [7, 11) is 0. The quantitative estimate of drug-likeness (QED) is 0.658. The lowest BCUT2D eigenvalue weighted by atomic mass is 10.1. The van der Waals surface area contributed by atoms with Crippen molar-refractivity contribution in [2.75, 3.05) is 6.54 Å². The van der Waals surface area contributed by atoms with Crippen LogP contribution in [0.5, 0.6) is 5.75 Å². The summed E-state index contributed by atoms with van der Waals surface area (Å²) in [6.45, 7) is 9.40. The largest absolute Gasteiger partial charge is 0.478 e. The van der Waals surface area contributed by atoms with Crippen LogP contribution in [0.2, 0.25) is 0 Å². The highest BCUT2D eigenvalue weighted by atomic mass is 127. The van der Waals surface area contributed by atoms with Gasteiger partial charge in [-0.3, -0.25) is 0 Å². The van der Waals surface area contributed by atoms with E-state index in [-0.39, 0.29) is 4.11 Å². The summed E-state index contributed by atoms with van der Waals surface area (Å²) in [4.78, 5) is 0. The predicted molar refractivity (Wildman–Crippen MR) is 77.5 cm³/mol. The van der Waals surface area contributed by atoms with Crippen molar-refractivity contribution >= 4 is 22.6 Å². The maximum atomic E-state index is 6.01. The third-order valence-corrected chi connectivity index (χ3v) is 3.89. The Kier molecular flexibility index (Phi) is 5.55. The SMILES string of the molecule is CCNC(C)C(I)Oc1c(C)cccc1C. The molecule has 1 aromatic carbocycles. The minimum atomic E-state index is 0.150. The lowest BCUT2D eigenvalue weighted by Crippen LogP contribution is -2.37. The van der Waals surface area contributed by atoms with Crippen molar-refractivity contribution in [3.8, 4) is 5.75 Å². The Bertz CT molecular complexity index is 320. The van der Waals surface area contributed by atoms with E-state index in [2.05, 4.69) is 73.8 Å². The van der Waals surface area contributed by atoms with E-state index in [1.54, 1.807) is 0 Å². The van der Waals surface area contributed by atoms with Gasteiger partial charge in [-0.25, -0.2) is 0 Å². The fourth-order valence-electron chi connectivity index (χ4n) is 1.61. The van der Waals surface area contributed by atoms with Gasteiger partial charge in [0.25, 0.3) is 0 Å². The van der Waals surface area contributed by atoms with Gasteiger partial charge in [0.15, 0.2) is 4.11 Å². The van der Waals surface area contributed by atoms with Crippen LogP contribution in [-0.2, 0) is 0 Å². The molecule has 0 bridgehead atoms. The highest BCUT2D eigenvalue weighted by molar-refractivity contribution is 14.1. The molecule has 0 saturated heterocycles. The fourth-order valence-corrected chi connectivity index (χ4v) is 2.12. The summed E-state index contributed by atoms with van der Waals surface area (Å²) in [5.41, 5.74) is 2.40. The van der Waals surface area contributed by atoms with Crippen molar-refractivity contribution < 1.29 is 4.74 Å². The lowest BCUT2D eigenvalue weighted by molar-refractivity contribution is 0.254. The van der Waals surface area contributed by atoms with Crippen LogP contribution in [0.25, 0.3) is 0 Å². The van der Waals surface area contributed by atoms with Gasteiger partial charge < -0.3 is 10.1 Å². The maximum absolute atomic E-state index is 6.01. The van der Waals surface area contributed by atoms with Gasteiger partial charge in [-0.05, 0) is 61.0 Å². The van der Waals surface area contributed by atoms with Crippen LogP contribution >= 0.6 is 22.6 Å². The monoisotopic (exact) mass is 333 g/mol. The molecular weight excluding hydrogens is 313 g/mol. The van der Waals surface area contributed by atoms with Crippen molar-refractivity contribution in [2.24, 2.45) is 0 Å². The van der Waals surface area contributed by atoms with Crippen LogP contribution in [0.15, 0.2) is 18.2 Å². The average Bonchev–Trinajstić information content (AvgIpc) is 2.23. The first-order valence-electron chi connectivity index (χ1n) is 5.66. The molecule has 1 rings (SSSR count). The third-order valence-electron chi connectivity index (χ3n) is 2.56. The van der Waals surface area contributed by atoms with Crippen molar-refractivity contribution in [1.82, 2.24) is 5.32 Å². The summed E-state index contributed by atoms with van der Waals surface area (Å²) < 4.78 is 6.16. The number of ether oxygens (including phenoxy) is 1. The Morgan fingerprint density at radius 1 is 1.31 bits per heavy atom. The van der Waals surface area contributed by atoms with Gasteiger partial charge in [-0.2, -0.15) is 0 Å². The molecule has 90 valence electrons. The third kappa shape index (κ3) is 3.63. The number of nitrogens with one attached hydrogen (secondary N) is 1. The molecule has 0 heterocycles. The zero-order chi connectivity index (χ0) is 12.1. The minimum Gasteiger partial charge on any atom is -0.478 e. The molecular formula is C13H20INO. The zero-order valence-electron chi connectivity index (χ0n) is 10.4. The van der Waals surface area contributed by atoms with E-state index in [1.165, 1.54) is 11.1 Å². The molecule has 0 radical (unpaired) electrons. The molecule has 2 atom stereocenters. The molecule has 0 aromatic heterocycles. The normalized spacial score (nSPS) is 14.6. The molecule has 0 fully saturated rings. The number of hydrogen-bond acceptors (Lipinski definition) is 2. The second-order valence-electron chi connectivity index (χ2n) is 4.04. The van der Waals surface area contributed by atoms with Crippen LogP contribution in [-0.4, -0.2) is 16.7 Å². The number of hydrogen-bond donors (Lipinski definition) is 1. The first-order chi connectivity index (χ1) is 7.56. The second-order valence-corrected chi connectivity index (χ2v) is 5.26. The number of benzene rings is 1. The van der Waals surface area contributed by atoms with Gasteiger partial charge in [0.1, 0.15) is 5.75 Å². The van der Waals surface area contributed by atoms with Crippen molar-refractivity contribution in [2.45, 2.75) is 37.8 Å². The summed E-state index contributed by atoms with van der Waals surface area (Å²) >= 11 is 2.34. The number of likely N-dealkylation sites (N-methyl/N-ethyl adjacent to an activating group) is 1. The molecule has 0 spiro atoms. The number of para-hydroxylation sites is 1. The topological polar surface area (TPSA) is 21.3 Å². The maximum Gasteiger partial charge on any atom is 0.164 e. The summed E-state index contributed by atoms with van der Waals surface area (Å²) in [5.74, 6) is 1.02. The van der Waals surface area contributed by atoms with Crippen molar-refractivity contribution in [3.05, 3.63) is 29.3 Å². The predicted octanol–water partition coefficient (Wildman–Crippen LogP) is 3.44. The fraction of sp³-hybridized carbons (Fsp3) is 0.538. The highest BCUT2D eigenvalue weighted by Crippen LogP contribution is 2.25. The molecule has 0 aliphatic rings. The number of rotatable bonds is 5. The summed E-state index contributed by atoms with van der Waals surface area (Å²) in [6, 6.07) is 6.59. The molecule has 16 heavy (non-hydrogen) atoms. The first kappa shape index (κ1) is 13.8. The molecule has 0 aliphatic heterocycles. The van der Waals surface area contributed by atoms with Crippen LogP contribution in [0.4, 0.5) is 0 Å². The van der Waals surface area contributed by atoms with E-state index in [4.69, 9.17) is 4.74 Å². The summed E-state index contributed by atoms with van der Waals surface area (Å²) in [5, 5.41) is 3.37. The standard InChI is InChI=1S/C13H20INO/c1-5-15-11(4)13(14)16-12-9(2)7-6-8-10(12)3/h6-8,11,13,15H,5H2,1-4H3. The van der Waals surface area contributed by atoms with Crippen LogP contribution in [0.1, 0.15) is 25.0 Å². The van der Waals surface area contributed by atoms with Gasteiger partial charge >= 0.3 is 0 Å². The van der Waals surface area contributed by atoms with E-state index in [0.717, 1.165) is 12.3 Å². The zero-order valence-corrected chi connectivity index (χ0v) is 12.5. The van der Waals surface area contributed by atoms with E-state index in [1.807, 2.05) is 0 Å². The number of aryl methyl sites for hydroxylation is 2. The molecule has 0 amide bonds. The highest BCUT2D eigenvalue weighted by Gasteiger charge is 2.16. The van der Waals surface area contributed by atoms with Gasteiger partial charge in [-0.1, -0.05) is 25.1 Å². The molecule has 1 N–H and O–H groups in total. The minimum absolute atomic E-state index is 0.150. The van der Waals surface area contributed by atoms with E-state index in [0.29, 0.717) is 6.04 Å². The van der Waals surface area contributed by atoms with E-state index in [9.17, 15) is 0 Å². The Hall–Kier alpha value is -0.290. The average molecular weight is 333 g/mol. The van der Waals surface area contributed by atoms with Crippen LogP contribution in [0.3, 0.4) is 0 Å². The molecule has 1 aromatic rings. The number of halogens is 1. The first-order valence-corrected chi connectivity index (χ1v) is 6.91. The van der Waals surface area contributed by atoms with E-state index < -0.39 is 0 Å². The van der Waals surface area contributed by atoms with Crippen molar-refractivity contribution in [1.29, 1.82) is 0 Å². The van der Waals surface area contributed by atoms with Gasteiger partial charge in [0, 0.05) is 0 Å². The molecule has 2 unspecified atom stereocenters. The molecule has 3 heteroatoms. The summed E-state index contributed by atoms with van der Waals surface area (Å²) in [6.07, 6.45) is 0. The Morgan fingerprint density at radius 3 is 2.38 bits per heavy atom. The Labute approximate surface area is 112 Å². The smallest absolute Gasteiger partial charge is 0.164 e. The second kappa shape index (κ2) is 6.45. The number of alkyl halides is 1. The van der Waals surface area contributed by atoms with Crippen LogP contribution < -0.4 is 10.1 Å². The van der Waals surface area contributed by atoms with E-state index >= 15 is 0 Å². The Morgan fingerprint density at radius 2 is 1.88 bits per heavy atom. The molecule has 0 saturated carbocycles. The Balaban J connectivity index is 2.72. The van der Waals surface area contributed by atoms with Crippen LogP contribution in [0, 0.1) is 13.8 Å². The molecule has 2 nitrogen and oxygen atoms in total. The molecule has 0 aliphatic carbocycles. The van der Waals surface area contributed by atoms with Gasteiger partial charge in [0.2, 0.25) is 0 Å². The lowest BCUT2D eigenvalue weighted by Gasteiger charge is -2.22. The van der Waals surface area contributed by atoms with Gasteiger partial charge in [-0.15, -0.1) is 0 Å². The van der Waals surface area contributed by atoms with Crippen molar-refractivity contribution in [3.63, 3.8) is 0 Å².